The Kier molecular flexibility index (Phi) is 3.52. The maximum Gasteiger partial charge on any atom is 0.316 e. The lowest BCUT2D eigenvalue weighted by atomic mass is 10.2. The summed E-state index contributed by atoms with van der Waals surface area (Å²) < 4.78 is 2.01. The normalized spacial score (nSPS) is 10.1. The number of hydrogen-bond acceptors (Lipinski definition) is 2. The number of carbonyl (C=O) groups is 1. The molecule has 0 atom stereocenters. The summed E-state index contributed by atoms with van der Waals surface area (Å²) in [6.45, 7) is 0.767. The van der Waals surface area contributed by atoms with E-state index in [2.05, 4.69) is 22.9 Å². The van der Waals surface area contributed by atoms with Gasteiger partial charge in [-0.05, 0) is 35.9 Å². The maximum atomic E-state index is 10.7. The van der Waals surface area contributed by atoms with Gasteiger partial charge in [0.25, 0.3) is 0 Å². The average molecular weight is 244 g/mol. The summed E-state index contributed by atoms with van der Waals surface area (Å²) >= 11 is 0. The molecule has 2 amide bonds. The molecule has 94 valence electrons. The van der Waals surface area contributed by atoms with Crippen LogP contribution in [0.2, 0.25) is 0 Å². The Balaban J connectivity index is 1.92. The molecule has 0 aliphatic rings. The fraction of sp³-hybridized carbons (Fsp3) is 0.154. The van der Waals surface area contributed by atoms with Crippen LogP contribution < -0.4 is 16.4 Å². The molecule has 0 saturated heterocycles. The molecule has 0 unspecified atom stereocenters. The fourth-order valence-corrected chi connectivity index (χ4v) is 1.68. The van der Waals surface area contributed by atoms with E-state index in [9.17, 15) is 4.79 Å². The second-order valence-electron chi connectivity index (χ2n) is 4.11. The first-order valence-corrected chi connectivity index (χ1v) is 5.65. The van der Waals surface area contributed by atoms with Crippen molar-refractivity contribution < 1.29 is 4.79 Å². The van der Waals surface area contributed by atoms with Gasteiger partial charge in [0.1, 0.15) is 0 Å². The van der Waals surface area contributed by atoms with E-state index in [0.29, 0.717) is 5.69 Å². The number of carbonyl (C=O) groups excluding carboxylic acids is 1. The number of urea groups is 1. The summed E-state index contributed by atoms with van der Waals surface area (Å²) in [4.78, 5) is 10.7. The summed E-state index contributed by atoms with van der Waals surface area (Å²) in [6.07, 6.45) is 4.08. The lowest BCUT2D eigenvalue weighted by Gasteiger charge is -2.06. The largest absolute Gasteiger partial charge is 0.381 e. The molecule has 0 bridgehead atoms. The molecule has 0 saturated carbocycles. The van der Waals surface area contributed by atoms with E-state index < -0.39 is 6.03 Å². The number of aryl methyl sites for hydroxylation is 1. The highest BCUT2D eigenvalue weighted by Gasteiger charge is 1.98. The first kappa shape index (κ1) is 12.0. The molecule has 0 fully saturated rings. The Morgan fingerprint density at radius 2 is 1.89 bits per heavy atom. The van der Waals surface area contributed by atoms with Crippen LogP contribution in [-0.2, 0) is 13.6 Å². The third-order valence-electron chi connectivity index (χ3n) is 2.54. The Labute approximate surface area is 106 Å². The molecule has 2 aromatic rings. The molecule has 0 spiro atoms. The Morgan fingerprint density at radius 3 is 2.44 bits per heavy atom. The van der Waals surface area contributed by atoms with Gasteiger partial charge in [-0.2, -0.15) is 0 Å². The quantitative estimate of drug-likeness (QED) is 0.771. The van der Waals surface area contributed by atoms with Crippen LogP contribution in [0.3, 0.4) is 0 Å². The number of primary amides is 1. The van der Waals surface area contributed by atoms with E-state index in [0.717, 1.165) is 12.2 Å². The van der Waals surface area contributed by atoms with Crippen molar-refractivity contribution in [3.63, 3.8) is 0 Å². The highest BCUT2D eigenvalue weighted by Crippen LogP contribution is 2.14. The molecule has 4 N–H and O–H groups in total. The van der Waals surface area contributed by atoms with Gasteiger partial charge in [-0.1, -0.05) is 0 Å². The first-order chi connectivity index (χ1) is 8.63. The standard InChI is InChI=1S/C13H16N4O/c1-17-7-6-10(9-17)8-15-11-2-4-12(5-3-11)16-13(14)18/h2-7,9,15H,8H2,1H3,(H3,14,16,18). The lowest BCUT2D eigenvalue weighted by molar-refractivity contribution is 0.259. The van der Waals surface area contributed by atoms with Crippen LogP contribution in [0.4, 0.5) is 16.2 Å². The van der Waals surface area contributed by atoms with Crippen LogP contribution in [0.5, 0.6) is 0 Å². The minimum atomic E-state index is -0.556. The van der Waals surface area contributed by atoms with Crippen LogP contribution in [-0.4, -0.2) is 10.6 Å². The zero-order valence-electron chi connectivity index (χ0n) is 10.2. The number of anilines is 2. The van der Waals surface area contributed by atoms with Gasteiger partial charge in [0.05, 0.1) is 0 Å². The summed E-state index contributed by atoms with van der Waals surface area (Å²) in [5.74, 6) is 0. The minimum Gasteiger partial charge on any atom is -0.381 e. The number of nitrogens with one attached hydrogen (secondary N) is 2. The Hall–Kier alpha value is -2.43. The molecule has 5 nitrogen and oxygen atoms in total. The van der Waals surface area contributed by atoms with Crippen molar-refractivity contribution in [2.24, 2.45) is 12.8 Å². The van der Waals surface area contributed by atoms with Crippen LogP contribution in [0.25, 0.3) is 0 Å². The van der Waals surface area contributed by atoms with E-state index in [-0.39, 0.29) is 0 Å². The van der Waals surface area contributed by atoms with Crippen molar-refractivity contribution in [2.75, 3.05) is 10.6 Å². The van der Waals surface area contributed by atoms with Crippen molar-refractivity contribution in [3.05, 3.63) is 48.3 Å². The highest BCUT2D eigenvalue weighted by atomic mass is 16.2. The Bertz CT molecular complexity index is 530. The highest BCUT2D eigenvalue weighted by molar-refractivity contribution is 5.87. The van der Waals surface area contributed by atoms with Gasteiger partial charge in [0.2, 0.25) is 0 Å². The van der Waals surface area contributed by atoms with E-state index in [1.165, 1.54) is 5.56 Å². The van der Waals surface area contributed by atoms with Gasteiger partial charge >= 0.3 is 6.03 Å². The van der Waals surface area contributed by atoms with E-state index in [1.54, 1.807) is 12.1 Å². The number of nitrogens with two attached hydrogens (primary N) is 1. The molecule has 0 radical (unpaired) electrons. The third-order valence-corrected chi connectivity index (χ3v) is 2.54. The average Bonchev–Trinajstić information content (AvgIpc) is 2.74. The number of aromatic nitrogens is 1. The van der Waals surface area contributed by atoms with E-state index in [1.807, 2.05) is 29.9 Å². The van der Waals surface area contributed by atoms with Crippen molar-refractivity contribution in [3.8, 4) is 0 Å². The van der Waals surface area contributed by atoms with Gasteiger partial charge in [0, 0.05) is 37.4 Å². The summed E-state index contributed by atoms with van der Waals surface area (Å²) in [5.41, 5.74) is 7.93. The molecule has 1 aromatic heterocycles. The van der Waals surface area contributed by atoms with Crippen molar-refractivity contribution in [2.45, 2.75) is 6.54 Å². The summed E-state index contributed by atoms with van der Waals surface area (Å²) in [7, 11) is 1.99. The zero-order valence-corrected chi connectivity index (χ0v) is 10.2. The van der Waals surface area contributed by atoms with Gasteiger partial charge in [0.15, 0.2) is 0 Å². The van der Waals surface area contributed by atoms with Gasteiger partial charge in [-0.25, -0.2) is 4.79 Å². The predicted octanol–water partition coefficient (Wildman–Crippen LogP) is 2.13. The van der Waals surface area contributed by atoms with Gasteiger partial charge < -0.3 is 20.9 Å². The lowest BCUT2D eigenvalue weighted by Crippen LogP contribution is -2.19. The zero-order chi connectivity index (χ0) is 13.0. The molecular weight excluding hydrogens is 228 g/mol. The molecule has 5 heteroatoms. The third kappa shape index (κ3) is 3.28. The van der Waals surface area contributed by atoms with Crippen LogP contribution in [0.1, 0.15) is 5.56 Å². The topological polar surface area (TPSA) is 72.1 Å². The number of amides is 2. The predicted molar refractivity (Wildman–Crippen MR) is 72.4 cm³/mol. The molecule has 2 rings (SSSR count). The second kappa shape index (κ2) is 5.27. The smallest absolute Gasteiger partial charge is 0.316 e. The molecule has 0 aliphatic carbocycles. The first-order valence-electron chi connectivity index (χ1n) is 5.65. The number of benzene rings is 1. The van der Waals surface area contributed by atoms with Crippen LogP contribution in [0, 0.1) is 0 Å². The molecule has 0 aliphatic heterocycles. The summed E-state index contributed by atoms with van der Waals surface area (Å²) in [5, 5.41) is 5.81. The SMILES string of the molecule is Cn1ccc(CNc2ccc(NC(N)=O)cc2)c1. The van der Waals surface area contributed by atoms with Crippen LogP contribution in [0.15, 0.2) is 42.7 Å². The van der Waals surface area contributed by atoms with E-state index >= 15 is 0 Å². The number of rotatable bonds is 4. The van der Waals surface area contributed by atoms with Crippen molar-refractivity contribution >= 4 is 17.4 Å². The van der Waals surface area contributed by atoms with Crippen LogP contribution >= 0.6 is 0 Å². The van der Waals surface area contributed by atoms with E-state index in [4.69, 9.17) is 5.73 Å². The maximum absolute atomic E-state index is 10.7. The molecule has 1 aromatic carbocycles. The summed E-state index contributed by atoms with van der Waals surface area (Å²) in [6, 6.07) is 8.91. The monoisotopic (exact) mass is 244 g/mol. The second-order valence-corrected chi connectivity index (χ2v) is 4.11. The Morgan fingerprint density at radius 1 is 1.22 bits per heavy atom. The van der Waals surface area contributed by atoms with Crippen molar-refractivity contribution in [1.29, 1.82) is 0 Å². The molecule has 18 heavy (non-hydrogen) atoms. The molecule has 1 heterocycles. The number of hydrogen-bond donors (Lipinski definition) is 3. The molecular formula is C13H16N4O. The van der Waals surface area contributed by atoms with Gasteiger partial charge in [-0.3, -0.25) is 0 Å². The minimum absolute atomic E-state index is 0.556. The van der Waals surface area contributed by atoms with Gasteiger partial charge in [-0.15, -0.1) is 0 Å². The fourth-order valence-electron chi connectivity index (χ4n) is 1.68. The number of nitrogens with zero attached hydrogens (tertiary/aromatic N) is 1. The van der Waals surface area contributed by atoms with Crippen molar-refractivity contribution in [1.82, 2.24) is 4.57 Å².